The summed E-state index contributed by atoms with van der Waals surface area (Å²) in [6.07, 6.45) is 8.63. The fourth-order valence-corrected chi connectivity index (χ4v) is 6.41. The van der Waals surface area contributed by atoms with Crippen LogP contribution in [-0.4, -0.2) is 48.2 Å². The second-order valence-corrected chi connectivity index (χ2v) is 12.5. The average molecular weight is 557 g/mol. The lowest BCUT2D eigenvalue weighted by molar-refractivity contribution is -0.144. The van der Waals surface area contributed by atoms with Crippen molar-refractivity contribution in [2.75, 3.05) is 22.9 Å². The molecular formula is C33H40N4O4. The van der Waals surface area contributed by atoms with Gasteiger partial charge in [-0.2, -0.15) is 0 Å². The Labute approximate surface area is 241 Å². The first-order valence-electron chi connectivity index (χ1n) is 15.2. The fraction of sp³-hybridized carbons (Fsp3) is 0.515. The second kappa shape index (κ2) is 11.4. The zero-order valence-corrected chi connectivity index (χ0v) is 23.6. The third-order valence-corrected chi connectivity index (χ3v) is 9.18. The van der Waals surface area contributed by atoms with Gasteiger partial charge in [0.1, 0.15) is 0 Å². The van der Waals surface area contributed by atoms with E-state index in [0.29, 0.717) is 42.7 Å². The molecule has 6 rings (SSSR count). The summed E-state index contributed by atoms with van der Waals surface area (Å²) in [5, 5.41) is 2.92. The summed E-state index contributed by atoms with van der Waals surface area (Å²) in [5.74, 6) is -1.48. The van der Waals surface area contributed by atoms with E-state index >= 15 is 0 Å². The number of nitrogens with one attached hydrogen (secondary N) is 1. The maximum atomic E-state index is 14.6. The Hall–Kier alpha value is -3.52. The van der Waals surface area contributed by atoms with Crippen LogP contribution in [0.15, 0.2) is 54.6 Å². The lowest BCUT2D eigenvalue weighted by Crippen LogP contribution is -2.71. The number of carbonyl (C=O) groups is 4. The molecule has 0 radical (unpaired) electrons. The molecule has 1 atom stereocenters. The number of fused-ring (bicyclic) bond motifs is 1. The van der Waals surface area contributed by atoms with Gasteiger partial charge in [-0.15, -0.1) is 0 Å². The molecule has 3 aliphatic carbocycles. The number of amides is 3. The Morgan fingerprint density at radius 1 is 0.780 bits per heavy atom. The topological polar surface area (TPSA) is 113 Å². The van der Waals surface area contributed by atoms with E-state index in [1.165, 1.54) is 0 Å². The summed E-state index contributed by atoms with van der Waals surface area (Å²) >= 11 is 0. The minimum absolute atomic E-state index is 0.147. The molecule has 41 heavy (non-hydrogen) atoms. The van der Waals surface area contributed by atoms with Gasteiger partial charge in [-0.1, -0.05) is 55.3 Å². The summed E-state index contributed by atoms with van der Waals surface area (Å²) in [4.78, 5) is 59.8. The molecule has 4 aliphatic rings. The second-order valence-electron chi connectivity index (χ2n) is 12.5. The molecule has 8 heteroatoms. The number of carbonyl (C=O) groups excluding carboxylic acids is 4. The van der Waals surface area contributed by atoms with Crippen LogP contribution in [0, 0.1) is 17.8 Å². The number of para-hydroxylation sites is 2. The number of ketones is 1. The average Bonchev–Trinajstić information content (AvgIpc) is 3.92. The van der Waals surface area contributed by atoms with Gasteiger partial charge in [-0.3, -0.25) is 19.2 Å². The monoisotopic (exact) mass is 556 g/mol. The first-order chi connectivity index (χ1) is 19.8. The fourth-order valence-electron chi connectivity index (χ4n) is 6.41. The molecule has 0 unspecified atom stereocenters. The third kappa shape index (κ3) is 5.80. The van der Waals surface area contributed by atoms with Crippen LogP contribution >= 0.6 is 0 Å². The number of anilines is 2. The van der Waals surface area contributed by atoms with Crippen molar-refractivity contribution in [1.29, 1.82) is 0 Å². The van der Waals surface area contributed by atoms with E-state index in [0.717, 1.165) is 56.9 Å². The largest absolute Gasteiger partial charge is 0.346 e. The van der Waals surface area contributed by atoms with Crippen LogP contribution in [0.25, 0.3) is 0 Å². The number of rotatable bonds is 11. The molecule has 3 saturated carbocycles. The van der Waals surface area contributed by atoms with Crippen molar-refractivity contribution in [1.82, 2.24) is 5.32 Å². The summed E-state index contributed by atoms with van der Waals surface area (Å²) < 4.78 is 0. The van der Waals surface area contributed by atoms with E-state index in [1.54, 1.807) is 9.80 Å². The Morgan fingerprint density at radius 2 is 1.29 bits per heavy atom. The van der Waals surface area contributed by atoms with Crippen LogP contribution in [0.4, 0.5) is 11.4 Å². The molecule has 0 aromatic heterocycles. The molecular weight excluding hydrogens is 516 g/mol. The van der Waals surface area contributed by atoms with Crippen LogP contribution in [0.5, 0.6) is 0 Å². The van der Waals surface area contributed by atoms with E-state index in [4.69, 9.17) is 5.73 Å². The molecule has 2 aromatic carbocycles. The van der Waals surface area contributed by atoms with Crippen LogP contribution in [0.1, 0.15) is 63.4 Å². The van der Waals surface area contributed by atoms with Gasteiger partial charge in [0.2, 0.25) is 11.4 Å². The van der Waals surface area contributed by atoms with Gasteiger partial charge >= 0.3 is 0 Å². The zero-order valence-electron chi connectivity index (χ0n) is 23.6. The molecule has 8 nitrogen and oxygen atoms in total. The van der Waals surface area contributed by atoms with E-state index in [-0.39, 0.29) is 18.2 Å². The number of nitrogens with two attached hydrogens (primary N) is 1. The Bertz CT molecular complexity index is 1260. The van der Waals surface area contributed by atoms with E-state index < -0.39 is 29.2 Å². The van der Waals surface area contributed by atoms with Gasteiger partial charge in [-0.25, -0.2) is 0 Å². The lowest BCUT2D eigenvalue weighted by atomic mass is 9.84. The highest BCUT2D eigenvalue weighted by Gasteiger charge is 2.58. The SMILES string of the molecule is NC1(C(=O)[C@H](Cc2ccccc2)NC(=O)CC2CCCC2)C(=O)N(CC2CC2)c2ccccc2N(CC2CC2)C1=O. The Kier molecular flexibility index (Phi) is 7.68. The first-order valence-corrected chi connectivity index (χ1v) is 15.2. The van der Waals surface area contributed by atoms with Crippen LogP contribution in [-0.2, 0) is 25.6 Å². The summed E-state index contributed by atoms with van der Waals surface area (Å²) in [5.41, 5.74) is 6.44. The van der Waals surface area contributed by atoms with Crippen molar-refractivity contribution >= 4 is 34.9 Å². The Balaban J connectivity index is 1.37. The van der Waals surface area contributed by atoms with Crippen molar-refractivity contribution in [2.24, 2.45) is 23.5 Å². The van der Waals surface area contributed by atoms with E-state index in [1.807, 2.05) is 54.6 Å². The molecule has 0 saturated heterocycles. The number of hydrogen-bond acceptors (Lipinski definition) is 5. The van der Waals surface area contributed by atoms with Gasteiger partial charge in [0.15, 0.2) is 5.78 Å². The molecule has 0 spiro atoms. The number of hydrogen-bond donors (Lipinski definition) is 2. The van der Waals surface area contributed by atoms with Gasteiger partial charge in [-0.05, 0) is 80.4 Å². The molecule has 216 valence electrons. The van der Waals surface area contributed by atoms with Crippen LogP contribution < -0.4 is 20.9 Å². The highest BCUT2D eigenvalue weighted by atomic mass is 16.2. The molecule has 0 bridgehead atoms. The summed E-state index contributed by atoms with van der Waals surface area (Å²) in [7, 11) is 0. The van der Waals surface area contributed by atoms with Crippen molar-refractivity contribution < 1.29 is 19.2 Å². The van der Waals surface area contributed by atoms with Crippen LogP contribution in [0.3, 0.4) is 0 Å². The lowest BCUT2D eigenvalue weighted by Gasteiger charge is -2.33. The van der Waals surface area contributed by atoms with Crippen molar-refractivity contribution in [3.63, 3.8) is 0 Å². The van der Waals surface area contributed by atoms with Crippen molar-refractivity contribution in [3.8, 4) is 0 Å². The van der Waals surface area contributed by atoms with Gasteiger partial charge in [0, 0.05) is 19.5 Å². The molecule has 3 amide bonds. The minimum atomic E-state index is -2.46. The normalized spacial score (nSPS) is 21.4. The van der Waals surface area contributed by atoms with Gasteiger partial charge in [0.05, 0.1) is 17.4 Å². The number of nitrogens with zero attached hydrogens (tertiary/aromatic N) is 2. The molecule has 3 N–H and O–H groups in total. The third-order valence-electron chi connectivity index (χ3n) is 9.18. The van der Waals surface area contributed by atoms with Gasteiger partial charge in [0.25, 0.3) is 11.8 Å². The van der Waals surface area contributed by atoms with Gasteiger partial charge < -0.3 is 20.9 Å². The zero-order chi connectivity index (χ0) is 28.6. The predicted molar refractivity (Wildman–Crippen MR) is 157 cm³/mol. The number of Topliss-reactive ketones (excluding diaryl/α,β-unsaturated/α-hetero) is 1. The van der Waals surface area contributed by atoms with Crippen LogP contribution in [0.2, 0.25) is 0 Å². The highest BCUT2D eigenvalue weighted by Crippen LogP contribution is 2.41. The molecule has 1 heterocycles. The Morgan fingerprint density at radius 3 is 1.80 bits per heavy atom. The maximum Gasteiger partial charge on any atom is 0.264 e. The number of benzene rings is 2. The standard InChI is InChI=1S/C33H40N4O4/c34-33(30(39)26(18-22-8-2-1-3-9-22)35-29(38)19-23-10-4-5-11-23)31(40)36(20-24-14-15-24)27-12-6-7-13-28(27)37(32(33)41)21-25-16-17-25/h1-3,6-9,12-13,23-26H,4-5,10-11,14-21,34H2,(H,35,38)/t26-/m0/s1. The van der Waals surface area contributed by atoms with E-state index in [2.05, 4.69) is 5.32 Å². The minimum Gasteiger partial charge on any atom is -0.346 e. The summed E-state index contributed by atoms with van der Waals surface area (Å²) in [6, 6.07) is 15.6. The summed E-state index contributed by atoms with van der Waals surface area (Å²) in [6.45, 7) is 0.814. The molecule has 3 fully saturated rings. The van der Waals surface area contributed by atoms with E-state index in [9.17, 15) is 19.2 Å². The highest BCUT2D eigenvalue weighted by molar-refractivity contribution is 6.37. The predicted octanol–water partition coefficient (Wildman–Crippen LogP) is 3.76. The smallest absolute Gasteiger partial charge is 0.264 e. The quantitative estimate of drug-likeness (QED) is 0.409. The first kappa shape index (κ1) is 27.6. The molecule has 1 aliphatic heterocycles. The molecule has 2 aromatic rings. The van der Waals surface area contributed by atoms with Crippen molar-refractivity contribution in [3.05, 3.63) is 60.2 Å². The maximum absolute atomic E-state index is 14.6. The van der Waals surface area contributed by atoms with Crippen molar-refractivity contribution in [2.45, 2.75) is 75.8 Å².